The van der Waals surface area contributed by atoms with Gasteiger partial charge in [0.25, 0.3) is 5.91 Å². The Morgan fingerprint density at radius 2 is 1.76 bits per heavy atom. The summed E-state index contributed by atoms with van der Waals surface area (Å²) in [4.78, 5) is 42.5. The number of hydrogen-bond acceptors (Lipinski definition) is 4. The van der Waals surface area contributed by atoms with E-state index >= 15 is 0 Å². The van der Waals surface area contributed by atoms with Crippen molar-refractivity contribution in [2.75, 3.05) is 0 Å². The number of aryl methyl sites for hydroxylation is 2. The van der Waals surface area contributed by atoms with Crippen LogP contribution in [0, 0.1) is 12.8 Å². The first-order valence-corrected chi connectivity index (χ1v) is 14.1. The number of para-hydroxylation sites is 2. The Labute approximate surface area is 241 Å². The van der Waals surface area contributed by atoms with Gasteiger partial charge in [0.15, 0.2) is 0 Å². The summed E-state index contributed by atoms with van der Waals surface area (Å²) < 4.78 is 5.19. The molecular formula is C31H30ClN5O4. The lowest BCUT2D eigenvalue weighted by Gasteiger charge is -2.29. The van der Waals surface area contributed by atoms with Crippen LogP contribution in [0.5, 0.6) is 0 Å². The number of rotatable bonds is 6. The van der Waals surface area contributed by atoms with Gasteiger partial charge < -0.3 is 15.0 Å². The topological polar surface area (TPSA) is 111 Å². The number of imidazole rings is 1. The second-order valence-electron chi connectivity index (χ2n) is 10.8. The molecule has 0 unspecified atom stereocenters. The number of carboxylic acid groups (broad SMARTS) is 1. The van der Waals surface area contributed by atoms with Crippen LogP contribution in [0.4, 0.5) is 0 Å². The van der Waals surface area contributed by atoms with Gasteiger partial charge in [0, 0.05) is 36.7 Å². The fraction of sp³-hybridized carbons (Fsp3) is 0.290. The Bertz CT molecular complexity index is 1880. The second kappa shape index (κ2) is 10.6. The lowest BCUT2D eigenvalue weighted by atomic mass is 9.85. The number of carboxylic acids is 1. The van der Waals surface area contributed by atoms with Gasteiger partial charge in [-0.05, 0) is 81.0 Å². The van der Waals surface area contributed by atoms with Crippen LogP contribution < -0.4 is 11.0 Å². The molecule has 9 nitrogen and oxygen atoms in total. The van der Waals surface area contributed by atoms with E-state index in [1.54, 1.807) is 35.2 Å². The summed E-state index contributed by atoms with van der Waals surface area (Å²) in [6, 6.07) is 16.7. The van der Waals surface area contributed by atoms with Crippen LogP contribution in [0.3, 0.4) is 0 Å². The van der Waals surface area contributed by atoms with E-state index in [-0.39, 0.29) is 23.3 Å². The molecule has 1 aliphatic rings. The zero-order valence-electron chi connectivity index (χ0n) is 22.8. The highest BCUT2D eigenvalue weighted by Crippen LogP contribution is 2.29. The van der Waals surface area contributed by atoms with E-state index in [1.807, 2.05) is 47.0 Å². The molecule has 0 atom stereocenters. The molecule has 6 rings (SSSR count). The molecular weight excluding hydrogens is 542 g/mol. The first kappa shape index (κ1) is 26.8. The number of halogens is 1. The minimum Gasteiger partial charge on any atom is -0.477 e. The van der Waals surface area contributed by atoms with Gasteiger partial charge in [-0.15, -0.1) is 0 Å². The highest BCUT2D eigenvalue weighted by molar-refractivity contribution is 6.30. The van der Waals surface area contributed by atoms with Crippen LogP contribution in [-0.4, -0.2) is 41.7 Å². The van der Waals surface area contributed by atoms with Crippen LogP contribution >= 0.6 is 11.6 Å². The van der Waals surface area contributed by atoms with E-state index in [4.69, 9.17) is 11.6 Å². The standard InChI is InChI=1S/C31H30ClN5O4/c1-18-24(15-21(32)16-33-18)29(38)34-22-9-7-19(8-10-22)17-36-26-5-3-4-6-27(26)37(31(36)41)23-11-12-25-20(13-23)14-28(30(39)40)35(25)2/h3-6,11-16,19,22H,7-10,17H2,1-2H3,(H,34,38)(H,39,40). The Balaban J connectivity index is 1.23. The Kier molecular flexibility index (Phi) is 6.91. The number of aromatic nitrogens is 4. The van der Waals surface area contributed by atoms with Crippen molar-refractivity contribution in [3.05, 3.63) is 93.3 Å². The summed E-state index contributed by atoms with van der Waals surface area (Å²) in [5.74, 6) is -0.861. The molecule has 0 spiro atoms. The molecule has 1 aliphatic carbocycles. The van der Waals surface area contributed by atoms with Crippen LogP contribution in [0.2, 0.25) is 5.02 Å². The minimum absolute atomic E-state index is 0.0588. The monoisotopic (exact) mass is 571 g/mol. The molecule has 41 heavy (non-hydrogen) atoms. The number of fused-ring (bicyclic) bond motifs is 2. The summed E-state index contributed by atoms with van der Waals surface area (Å²) in [6.45, 7) is 2.38. The van der Waals surface area contributed by atoms with Crippen molar-refractivity contribution in [1.82, 2.24) is 24.0 Å². The smallest absolute Gasteiger partial charge is 0.352 e. The van der Waals surface area contributed by atoms with E-state index in [1.165, 1.54) is 6.20 Å². The average molecular weight is 572 g/mol. The molecule has 2 aromatic carbocycles. The summed E-state index contributed by atoms with van der Waals surface area (Å²) in [6.07, 6.45) is 4.96. The quantitative estimate of drug-likeness (QED) is 0.286. The zero-order chi connectivity index (χ0) is 28.8. The van der Waals surface area contributed by atoms with Crippen molar-refractivity contribution in [2.24, 2.45) is 13.0 Å². The van der Waals surface area contributed by atoms with Crippen LogP contribution in [-0.2, 0) is 13.6 Å². The zero-order valence-corrected chi connectivity index (χ0v) is 23.6. The number of pyridine rings is 1. The number of carbonyl (C=O) groups is 2. The highest BCUT2D eigenvalue weighted by atomic mass is 35.5. The van der Waals surface area contributed by atoms with Crippen molar-refractivity contribution in [1.29, 1.82) is 0 Å². The van der Waals surface area contributed by atoms with Crippen LogP contribution in [0.15, 0.2) is 65.6 Å². The molecule has 5 aromatic rings. The summed E-state index contributed by atoms with van der Waals surface area (Å²) in [5.41, 5.74) is 4.34. The van der Waals surface area contributed by atoms with Gasteiger partial charge in [-0.3, -0.25) is 18.9 Å². The van der Waals surface area contributed by atoms with Crippen molar-refractivity contribution in [2.45, 2.75) is 45.2 Å². The van der Waals surface area contributed by atoms with Crippen molar-refractivity contribution >= 4 is 45.4 Å². The fourth-order valence-corrected chi connectivity index (χ4v) is 6.22. The van der Waals surface area contributed by atoms with Gasteiger partial charge in [0.05, 0.1) is 33.0 Å². The Morgan fingerprint density at radius 3 is 2.49 bits per heavy atom. The van der Waals surface area contributed by atoms with Gasteiger partial charge in [-0.25, -0.2) is 9.59 Å². The van der Waals surface area contributed by atoms with E-state index in [2.05, 4.69) is 10.3 Å². The summed E-state index contributed by atoms with van der Waals surface area (Å²) in [5, 5.41) is 13.8. The SMILES string of the molecule is Cc1ncc(Cl)cc1C(=O)NC1CCC(Cn2c(=O)n(-c3ccc4c(c3)cc(C(=O)O)n4C)c3ccccc32)CC1. The van der Waals surface area contributed by atoms with Crippen molar-refractivity contribution in [3.63, 3.8) is 0 Å². The molecule has 2 N–H and O–H groups in total. The molecule has 1 saturated carbocycles. The van der Waals surface area contributed by atoms with E-state index < -0.39 is 5.97 Å². The minimum atomic E-state index is -0.995. The van der Waals surface area contributed by atoms with Gasteiger partial charge in [-0.1, -0.05) is 23.7 Å². The van der Waals surface area contributed by atoms with Gasteiger partial charge in [-0.2, -0.15) is 0 Å². The number of benzene rings is 2. The lowest BCUT2D eigenvalue weighted by Crippen LogP contribution is -2.39. The van der Waals surface area contributed by atoms with Gasteiger partial charge in [0.1, 0.15) is 5.69 Å². The largest absolute Gasteiger partial charge is 0.477 e. The lowest BCUT2D eigenvalue weighted by molar-refractivity contribution is 0.0686. The Morgan fingerprint density at radius 1 is 1.02 bits per heavy atom. The number of nitrogens with zero attached hydrogens (tertiary/aromatic N) is 4. The highest BCUT2D eigenvalue weighted by Gasteiger charge is 2.26. The van der Waals surface area contributed by atoms with E-state index in [9.17, 15) is 19.5 Å². The van der Waals surface area contributed by atoms with E-state index in [0.29, 0.717) is 34.4 Å². The molecule has 1 fully saturated rings. The van der Waals surface area contributed by atoms with Crippen molar-refractivity contribution < 1.29 is 14.7 Å². The maximum Gasteiger partial charge on any atom is 0.352 e. The van der Waals surface area contributed by atoms with E-state index in [0.717, 1.165) is 47.6 Å². The predicted molar refractivity (Wildman–Crippen MR) is 158 cm³/mol. The predicted octanol–water partition coefficient (Wildman–Crippen LogP) is 5.33. The average Bonchev–Trinajstić information content (AvgIpc) is 3.44. The molecule has 0 aliphatic heterocycles. The number of carbonyl (C=O) groups excluding carboxylic acids is 1. The van der Waals surface area contributed by atoms with Crippen LogP contribution in [0.25, 0.3) is 27.6 Å². The first-order valence-electron chi connectivity index (χ1n) is 13.7. The number of hydrogen-bond donors (Lipinski definition) is 2. The van der Waals surface area contributed by atoms with Gasteiger partial charge >= 0.3 is 11.7 Å². The number of nitrogens with one attached hydrogen (secondary N) is 1. The molecule has 0 radical (unpaired) electrons. The summed E-state index contributed by atoms with van der Waals surface area (Å²) in [7, 11) is 1.72. The third kappa shape index (κ3) is 4.91. The maximum atomic E-state index is 13.9. The number of amides is 1. The first-order chi connectivity index (χ1) is 19.7. The van der Waals surface area contributed by atoms with Crippen molar-refractivity contribution in [3.8, 4) is 5.69 Å². The number of aromatic carboxylic acids is 1. The normalized spacial score (nSPS) is 17.2. The molecule has 3 heterocycles. The molecule has 3 aromatic heterocycles. The fourth-order valence-electron chi connectivity index (χ4n) is 6.06. The molecule has 210 valence electrons. The molecule has 0 bridgehead atoms. The Hall–Kier alpha value is -4.37. The van der Waals surface area contributed by atoms with Gasteiger partial charge in [0.2, 0.25) is 0 Å². The molecule has 10 heteroatoms. The third-order valence-corrected chi connectivity index (χ3v) is 8.47. The molecule has 0 saturated heterocycles. The van der Waals surface area contributed by atoms with Crippen LogP contribution in [0.1, 0.15) is 52.2 Å². The molecule has 1 amide bonds. The maximum absolute atomic E-state index is 13.9. The third-order valence-electron chi connectivity index (χ3n) is 8.26. The second-order valence-corrected chi connectivity index (χ2v) is 11.3. The summed E-state index contributed by atoms with van der Waals surface area (Å²) >= 11 is 6.04.